The third-order valence-corrected chi connectivity index (χ3v) is 6.62. The van der Waals surface area contributed by atoms with E-state index in [0.717, 1.165) is 39.0 Å². The van der Waals surface area contributed by atoms with Gasteiger partial charge in [0, 0.05) is 42.1 Å². The Labute approximate surface area is 163 Å². The van der Waals surface area contributed by atoms with Crippen LogP contribution in [0.3, 0.4) is 0 Å². The van der Waals surface area contributed by atoms with Gasteiger partial charge in [-0.2, -0.15) is 0 Å². The zero-order chi connectivity index (χ0) is 17.9. The Balaban J connectivity index is 1.24. The number of piperidine rings is 1. The molecule has 4 rings (SSSR count). The maximum Gasteiger partial charge on any atom is 0.260 e. The predicted octanol–water partition coefficient (Wildman–Crippen LogP) is 3.83. The second kappa shape index (κ2) is 7.99. The zero-order valence-corrected chi connectivity index (χ0v) is 16.3. The van der Waals surface area contributed by atoms with Gasteiger partial charge in [0.2, 0.25) is 0 Å². The van der Waals surface area contributed by atoms with E-state index >= 15 is 0 Å². The van der Waals surface area contributed by atoms with Gasteiger partial charge in [0.05, 0.1) is 0 Å². The monoisotopic (exact) mass is 390 g/mol. The van der Waals surface area contributed by atoms with Gasteiger partial charge in [0.15, 0.2) is 6.61 Å². The van der Waals surface area contributed by atoms with Crippen LogP contribution in [-0.2, 0) is 17.8 Å². The number of amides is 1. The van der Waals surface area contributed by atoms with Crippen molar-refractivity contribution in [2.24, 2.45) is 0 Å². The summed E-state index contributed by atoms with van der Waals surface area (Å²) in [6.07, 6.45) is 3.26. The fraction of sp³-hybridized carbons (Fsp3) is 0.450. The smallest absolute Gasteiger partial charge is 0.260 e. The summed E-state index contributed by atoms with van der Waals surface area (Å²) in [6, 6.07) is 9.96. The lowest BCUT2D eigenvalue weighted by Crippen LogP contribution is -2.48. The van der Waals surface area contributed by atoms with Gasteiger partial charge in [-0.15, -0.1) is 11.3 Å². The van der Waals surface area contributed by atoms with Crippen molar-refractivity contribution in [3.63, 3.8) is 0 Å². The Kier molecular flexibility index (Phi) is 5.48. The first-order valence-corrected chi connectivity index (χ1v) is 10.4. The largest absolute Gasteiger partial charge is 0.484 e. The van der Waals surface area contributed by atoms with E-state index in [9.17, 15) is 4.79 Å². The minimum absolute atomic E-state index is 0.0668. The van der Waals surface area contributed by atoms with Gasteiger partial charge in [-0.3, -0.25) is 9.69 Å². The van der Waals surface area contributed by atoms with E-state index in [4.69, 9.17) is 16.3 Å². The van der Waals surface area contributed by atoms with Gasteiger partial charge in [0.25, 0.3) is 5.91 Å². The van der Waals surface area contributed by atoms with Gasteiger partial charge in [0.1, 0.15) is 5.75 Å². The van der Waals surface area contributed by atoms with Crippen LogP contribution in [0.1, 0.15) is 23.3 Å². The van der Waals surface area contributed by atoms with Crippen molar-refractivity contribution in [1.29, 1.82) is 0 Å². The summed E-state index contributed by atoms with van der Waals surface area (Å²) in [5.41, 5.74) is 1.50. The van der Waals surface area contributed by atoms with Gasteiger partial charge >= 0.3 is 0 Å². The van der Waals surface area contributed by atoms with Crippen molar-refractivity contribution >= 4 is 28.8 Å². The Morgan fingerprint density at radius 1 is 1.15 bits per heavy atom. The van der Waals surface area contributed by atoms with Crippen LogP contribution in [0, 0.1) is 0 Å². The molecule has 1 saturated heterocycles. The molecule has 4 nitrogen and oxygen atoms in total. The molecule has 138 valence electrons. The van der Waals surface area contributed by atoms with Crippen LogP contribution >= 0.6 is 22.9 Å². The Bertz CT molecular complexity index is 753. The van der Waals surface area contributed by atoms with Crippen molar-refractivity contribution < 1.29 is 9.53 Å². The van der Waals surface area contributed by atoms with Gasteiger partial charge in [-0.25, -0.2) is 0 Å². The molecule has 0 N–H and O–H groups in total. The van der Waals surface area contributed by atoms with Crippen LogP contribution in [0.2, 0.25) is 5.02 Å². The molecule has 2 aliphatic rings. The van der Waals surface area contributed by atoms with Gasteiger partial charge in [-0.1, -0.05) is 11.6 Å². The number of carbonyl (C=O) groups excluding carboxylic acids is 1. The highest BCUT2D eigenvalue weighted by Gasteiger charge is 2.29. The number of nitrogens with zero attached hydrogens (tertiary/aromatic N) is 2. The number of benzene rings is 1. The second-order valence-corrected chi connectivity index (χ2v) is 8.38. The standard InChI is InChI=1S/C20H23ClN2O2S/c21-16-1-3-18(4-2-16)25-14-20(24)22-9-5-17(6-10-22)23-11-7-19-15(13-23)8-12-26-19/h1-4,8,12,17H,5-7,9-11,13-14H2. The van der Waals surface area contributed by atoms with Gasteiger partial charge < -0.3 is 9.64 Å². The molecule has 1 fully saturated rings. The van der Waals surface area contributed by atoms with Crippen LogP contribution in [0.25, 0.3) is 0 Å². The lowest BCUT2D eigenvalue weighted by atomic mass is 9.99. The van der Waals surface area contributed by atoms with E-state index in [-0.39, 0.29) is 12.5 Å². The van der Waals surface area contributed by atoms with E-state index in [2.05, 4.69) is 16.3 Å². The first-order chi connectivity index (χ1) is 12.7. The molecule has 0 atom stereocenters. The van der Waals surface area contributed by atoms with Crippen LogP contribution in [0.5, 0.6) is 5.75 Å². The fourth-order valence-electron chi connectivity index (χ4n) is 3.83. The summed E-state index contributed by atoms with van der Waals surface area (Å²) >= 11 is 7.74. The average Bonchev–Trinajstić information content (AvgIpc) is 3.15. The molecular formula is C20H23ClN2O2S. The van der Waals surface area contributed by atoms with Crippen molar-refractivity contribution in [3.8, 4) is 5.75 Å². The molecule has 6 heteroatoms. The van der Waals surface area contributed by atoms with Crippen molar-refractivity contribution in [2.75, 3.05) is 26.2 Å². The summed E-state index contributed by atoms with van der Waals surface area (Å²) in [5, 5.41) is 2.87. The third kappa shape index (κ3) is 4.05. The Morgan fingerprint density at radius 2 is 1.92 bits per heavy atom. The van der Waals surface area contributed by atoms with Gasteiger partial charge in [-0.05, 0) is 60.5 Å². The molecule has 0 radical (unpaired) electrons. The topological polar surface area (TPSA) is 32.8 Å². The predicted molar refractivity (Wildman–Crippen MR) is 105 cm³/mol. The second-order valence-electron chi connectivity index (χ2n) is 6.94. The number of halogens is 1. The molecule has 1 aromatic carbocycles. The summed E-state index contributed by atoms with van der Waals surface area (Å²) in [5.74, 6) is 0.745. The molecule has 0 aliphatic carbocycles. The zero-order valence-electron chi connectivity index (χ0n) is 14.7. The number of hydrogen-bond acceptors (Lipinski definition) is 4. The summed E-state index contributed by atoms with van der Waals surface area (Å²) in [4.78, 5) is 18.5. The molecule has 3 heterocycles. The van der Waals surface area contributed by atoms with E-state index in [1.807, 2.05) is 16.2 Å². The van der Waals surface area contributed by atoms with E-state index < -0.39 is 0 Å². The molecule has 26 heavy (non-hydrogen) atoms. The minimum Gasteiger partial charge on any atom is -0.484 e. The number of fused-ring (bicyclic) bond motifs is 1. The molecule has 0 spiro atoms. The van der Waals surface area contributed by atoms with E-state index in [0.29, 0.717) is 16.8 Å². The van der Waals surface area contributed by atoms with Crippen molar-refractivity contribution in [2.45, 2.75) is 31.8 Å². The number of hydrogen-bond donors (Lipinski definition) is 0. The van der Waals surface area contributed by atoms with E-state index in [1.165, 1.54) is 12.0 Å². The Hall–Kier alpha value is -1.56. The maximum absolute atomic E-state index is 12.4. The molecule has 2 aromatic rings. The molecule has 1 amide bonds. The highest BCUT2D eigenvalue weighted by Crippen LogP contribution is 2.28. The molecule has 0 bridgehead atoms. The summed E-state index contributed by atoms with van der Waals surface area (Å²) < 4.78 is 5.59. The number of rotatable bonds is 4. The fourth-order valence-corrected chi connectivity index (χ4v) is 4.85. The van der Waals surface area contributed by atoms with Crippen molar-refractivity contribution in [3.05, 3.63) is 51.2 Å². The number of carbonyl (C=O) groups is 1. The van der Waals surface area contributed by atoms with E-state index in [1.54, 1.807) is 29.1 Å². The Morgan fingerprint density at radius 3 is 2.69 bits per heavy atom. The number of likely N-dealkylation sites (tertiary alicyclic amines) is 1. The molecule has 1 aromatic heterocycles. The van der Waals surface area contributed by atoms with Crippen LogP contribution in [0.4, 0.5) is 0 Å². The SMILES string of the molecule is O=C(COc1ccc(Cl)cc1)N1CCC(N2CCc3sccc3C2)CC1. The number of thiophene rings is 1. The lowest BCUT2D eigenvalue weighted by molar-refractivity contribution is -0.135. The maximum atomic E-state index is 12.4. The summed E-state index contributed by atoms with van der Waals surface area (Å²) in [6.45, 7) is 3.94. The molecular weight excluding hydrogens is 368 g/mol. The molecule has 0 saturated carbocycles. The summed E-state index contributed by atoms with van der Waals surface area (Å²) in [7, 11) is 0. The van der Waals surface area contributed by atoms with Crippen LogP contribution < -0.4 is 4.74 Å². The first kappa shape index (κ1) is 17.8. The van der Waals surface area contributed by atoms with Crippen LogP contribution in [0.15, 0.2) is 35.7 Å². The van der Waals surface area contributed by atoms with Crippen LogP contribution in [-0.4, -0.2) is 48.0 Å². The lowest BCUT2D eigenvalue weighted by Gasteiger charge is -2.40. The average molecular weight is 391 g/mol. The highest BCUT2D eigenvalue weighted by molar-refractivity contribution is 7.10. The molecule has 2 aliphatic heterocycles. The third-order valence-electron chi connectivity index (χ3n) is 5.35. The van der Waals surface area contributed by atoms with Crippen molar-refractivity contribution in [1.82, 2.24) is 9.80 Å². The number of ether oxygens (including phenoxy) is 1. The minimum atomic E-state index is 0.0668. The molecule has 0 unspecified atom stereocenters. The highest BCUT2D eigenvalue weighted by atomic mass is 35.5. The normalized spacial score (nSPS) is 18.6. The quantitative estimate of drug-likeness (QED) is 0.795. The first-order valence-electron chi connectivity index (χ1n) is 9.14.